The minimum atomic E-state index is -0.290. The van der Waals surface area contributed by atoms with Crippen LogP contribution in [0.3, 0.4) is 0 Å². The Morgan fingerprint density at radius 1 is 1.56 bits per heavy atom. The van der Waals surface area contributed by atoms with Crippen molar-refractivity contribution in [2.45, 2.75) is 51.9 Å². The van der Waals surface area contributed by atoms with Gasteiger partial charge in [0.15, 0.2) is 6.10 Å². The molecule has 5 heteroatoms. The fourth-order valence-corrected chi connectivity index (χ4v) is 2.63. The largest absolute Gasteiger partial charge is 0.344 e. The Morgan fingerprint density at radius 2 is 2.31 bits per heavy atom. The average molecular weight is 226 g/mol. The molecule has 0 spiro atoms. The fourth-order valence-electron chi connectivity index (χ4n) is 2.63. The van der Waals surface area contributed by atoms with Crippen LogP contribution in [0.15, 0.2) is 11.4 Å². The van der Waals surface area contributed by atoms with E-state index < -0.39 is 0 Å². The first-order valence-corrected chi connectivity index (χ1v) is 5.92. The molecule has 2 rings (SSSR count). The Labute approximate surface area is 95.2 Å². The molecule has 1 saturated heterocycles. The topological polar surface area (TPSA) is 55.6 Å². The van der Waals surface area contributed by atoms with E-state index in [2.05, 4.69) is 6.92 Å². The molecule has 0 N–H and O–H groups in total. The first kappa shape index (κ1) is 11.4. The summed E-state index contributed by atoms with van der Waals surface area (Å²) in [6.45, 7) is 4.76. The predicted molar refractivity (Wildman–Crippen MR) is 59.2 cm³/mol. The molecule has 5 nitrogen and oxygen atoms in total. The molecule has 0 saturated carbocycles. The second-order valence-corrected chi connectivity index (χ2v) is 4.43. The van der Waals surface area contributed by atoms with Crippen molar-refractivity contribution in [3.8, 4) is 0 Å². The van der Waals surface area contributed by atoms with Crippen LogP contribution in [0.5, 0.6) is 0 Å². The fraction of sp³-hybridized carbons (Fsp3) is 0.818. The van der Waals surface area contributed by atoms with Crippen molar-refractivity contribution < 1.29 is 9.66 Å². The van der Waals surface area contributed by atoms with E-state index in [1.54, 1.807) is 0 Å². The minimum Gasteiger partial charge on any atom is -0.344 e. The number of hydrogen-bond donors (Lipinski definition) is 0. The van der Waals surface area contributed by atoms with Crippen LogP contribution < -0.4 is 0 Å². The van der Waals surface area contributed by atoms with Gasteiger partial charge in [-0.05, 0) is 32.6 Å². The van der Waals surface area contributed by atoms with E-state index in [1.165, 1.54) is 0 Å². The summed E-state index contributed by atoms with van der Waals surface area (Å²) >= 11 is 0. The lowest BCUT2D eigenvalue weighted by atomic mass is 9.99. The van der Waals surface area contributed by atoms with Gasteiger partial charge in [-0.3, -0.25) is 10.1 Å². The van der Waals surface area contributed by atoms with Gasteiger partial charge in [0.1, 0.15) is 6.23 Å². The van der Waals surface area contributed by atoms with Crippen LogP contribution in [0.25, 0.3) is 0 Å². The molecule has 0 aromatic rings. The number of hydrogen-bond acceptors (Lipinski definition) is 4. The Morgan fingerprint density at radius 3 is 2.94 bits per heavy atom. The van der Waals surface area contributed by atoms with Gasteiger partial charge < -0.3 is 9.64 Å². The molecule has 2 aliphatic heterocycles. The predicted octanol–water partition coefficient (Wildman–Crippen LogP) is 2.12. The van der Waals surface area contributed by atoms with Gasteiger partial charge in [0.2, 0.25) is 0 Å². The van der Waals surface area contributed by atoms with Crippen molar-refractivity contribution in [3.63, 3.8) is 0 Å². The second kappa shape index (κ2) is 4.41. The number of fused-ring (bicyclic) bond motifs is 2. The maximum absolute atomic E-state index is 11.1. The summed E-state index contributed by atoms with van der Waals surface area (Å²) in [6, 6.07) is 0. The highest BCUT2D eigenvalue weighted by atomic mass is 16.6. The van der Waals surface area contributed by atoms with Gasteiger partial charge >= 0.3 is 0 Å². The van der Waals surface area contributed by atoms with E-state index in [-0.39, 0.29) is 23.0 Å². The highest BCUT2D eigenvalue weighted by molar-refractivity contribution is 5.14. The maximum atomic E-state index is 11.1. The van der Waals surface area contributed by atoms with Gasteiger partial charge in [-0.1, -0.05) is 6.92 Å². The van der Waals surface area contributed by atoms with E-state index in [4.69, 9.17) is 4.74 Å². The third-order valence-corrected chi connectivity index (χ3v) is 3.35. The van der Waals surface area contributed by atoms with Crippen molar-refractivity contribution in [2.75, 3.05) is 6.54 Å². The quantitative estimate of drug-likeness (QED) is 0.546. The lowest BCUT2D eigenvalue weighted by molar-refractivity contribution is -0.447. The van der Waals surface area contributed by atoms with Crippen LogP contribution in [0.4, 0.5) is 0 Å². The molecule has 0 amide bonds. The molecule has 2 atom stereocenters. The van der Waals surface area contributed by atoms with Gasteiger partial charge in [0.05, 0.1) is 10.6 Å². The number of ether oxygens (including phenoxy) is 1. The highest BCUT2D eigenvalue weighted by Gasteiger charge is 2.42. The Balaban J connectivity index is 2.34. The zero-order valence-electron chi connectivity index (χ0n) is 9.81. The lowest BCUT2D eigenvalue weighted by Crippen LogP contribution is -2.48. The van der Waals surface area contributed by atoms with Crippen LogP contribution in [-0.4, -0.2) is 28.7 Å². The molecule has 2 unspecified atom stereocenters. The standard InChI is InChI=1S/C11H18N2O3/c1-3-7-12-8(2)11(13(14)15)9-5-4-6-10(12)16-9/h9-10H,3-7H2,1-2H3. The summed E-state index contributed by atoms with van der Waals surface area (Å²) in [6.07, 6.45) is 3.53. The normalized spacial score (nSPS) is 29.5. The maximum Gasteiger partial charge on any atom is 0.293 e. The summed E-state index contributed by atoms with van der Waals surface area (Å²) < 4.78 is 5.76. The third kappa shape index (κ3) is 1.80. The average Bonchev–Trinajstić information content (AvgIpc) is 2.24. The zero-order chi connectivity index (χ0) is 11.7. The molecule has 0 aromatic heterocycles. The molecule has 90 valence electrons. The monoisotopic (exact) mass is 226 g/mol. The van der Waals surface area contributed by atoms with Crippen LogP contribution in [0.2, 0.25) is 0 Å². The van der Waals surface area contributed by atoms with E-state index in [9.17, 15) is 10.1 Å². The van der Waals surface area contributed by atoms with Gasteiger partial charge in [-0.25, -0.2) is 0 Å². The number of nitrogens with zero attached hydrogens (tertiary/aromatic N) is 2. The first-order chi connectivity index (χ1) is 7.65. The summed E-state index contributed by atoms with van der Waals surface area (Å²) in [5.74, 6) is 0. The van der Waals surface area contributed by atoms with Gasteiger partial charge in [-0.2, -0.15) is 0 Å². The lowest BCUT2D eigenvalue weighted by Gasteiger charge is -2.42. The molecule has 0 aromatic carbocycles. The van der Waals surface area contributed by atoms with Crippen LogP contribution in [0.1, 0.15) is 39.5 Å². The Hall–Kier alpha value is -1.10. The van der Waals surface area contributed by atoms with Gasteiger partial charge in [0.25, 0.3) is 5.70 Å². The molecule has 2 heterocycles. The Kier molecular flexibility index (Phi) is 3.14. The van der Waals surface area contributed by atoms with Crippen molar-refractivity contribution in [1.82, 2.24) is 4.90 Å². The molecule has 2 aliphatic rings. The molecule has 2 bridgehead atoms. The van der Waals surface area contributed by atoms with E-state index >= 15 is 0 Å². The van der Waals surface area contributed by atoms with Gasteiger partial charge in [0, 0.05) is 6.54 Å². The molecule has 0 radical (unpaired) electrons. The van der Waals surface area contributed by atoms with Crippen molar-refractivity contribution in [3.05, 3.63) is 21.5 Å². The summed E-state index contributed by atoms with van der Waals surface area (Å²) in [5, 5.41) is 11.1. The number of nitro groups is 1. The van der Waals surface area contributed by atoms with E-state index in [0.717, 1.165) is 37.9 Å². The van der Waals surface area contributed by atoms with E-state index in [0.29, 0.717) is 0 Å². The molecule has 0 aliphatic carbocycles. The number of rotatable bonds is 3. The molecule has 16 heavy (non-hydrogen) atoms. The van der Waals surface area contributed by atoms with Crippen molar-refractivity contribution in [1.29, 1.82) is 0 Å². The minimum absolute atomic E-state index is 0.0578. The van der Waals surface area contributed by atoms with Crippen LogP contribution >= 0.6 is 0 Å². The third-order valence-electron chi connectivity index (χ3n) is 3.35. The molecule has 1 fully saturated rings. The zero-order valence-corrected chi connectivity index (χ0v) is 9.81. The van der Waals surface area contributed by atoms with Crippen LogP contribution in [0, 0.1) is 10.1 Å². The summed E-state index contributed by atoms with van der Waals surface area (Å²) in [4.78, 5) is 12.8. The Bertz CT molecular complexity index is 327. The highest BCUT2D eigenvalue weighted by Crippen LogP contribution is 2.35. The number of allylic oxidation sites excluding steroid dienone is 1. The molecular weight excluding hydrogens is 208 g/mol. The van der Waals surface area contributed by atoms with E-state index in [1.807, 2.05) is 11.8 Å². The van der Waals surface area contributed by atoms with Crippen molar-refractivity contribution in [2.24, 2.45) is 0 Å². The van der Waals surface area contributed by atoms with Crippen LogP contribution in [-0.2, 0) is 4.74 Å². The first-order valence-electron chi connectivity index (χ1n) is 5.92. The smallest absolute Gasteiger partial charge is 0.293 e. The van der Waals surface area contributed by atoms with Gasteiger partial charge in [-0.15, -0.1) is 0 Å². The summed E-state index contributed by atoms with van der Waals surface area (Å²) in [5.41, 5.74) is 1.07. The SMILES string of the molecule is CCCN1C(C)=C([N+](=O)[O-])C2CCCC1O2. The summed E-state index contributed by atoms with van der Waals surface area (Å²) in [7, 11) is 0. The van der Waals surface area contributed by atoms with Crippen molar-refractivity contribution >= 4 is 0 Å². The molecular formula is C11H18N2O3. The second-order valence-electron chi connectivity index (χ2n) is 4.43.